The molecule has 2 aromatic rings. The summed E-state index contributed by atoms with van der Waals surface area (Å²) < 4.78 is 25.8. The number of rotatable bonds is 6. The molecule has 0 heterocycles. The smallest absolute Gasteiger partial charge is 0.240 e. The van der Waals surface area contributed by atoms with Gasteiger partial charge in [-0.25, -0.2) is 13.1 Å². The molecule has 27 heavy (non-hydrogen) atoms. The summed E-state index contributed by atoms with van der Waals surface area (Å²) in [7, 11) is 1.62. The van der Waals surface area contributed by atoms with Crippen molar-refractivity contribution in [2.45, 2.75) is 18.0 Å². The Balaban J connectivity index is 0.00000364. The van der Waals surface area contributed by atoms with Crippen LogP contribution in [0.3, 0.4) is 0 Å². The van der Waals surface area contributed by atoms with Gasteiger partial charge in [-0.1, -0.05) is 41.9 Å². The lowest BCUT2D eigenvalue weighted by Crippen LogP contribution is -2.38. The van der Waals surface area contributed by atoms with Crippen molar-refractivity contribution in [2.24, 2.45) is 4.99 Å². The molecular formula is C18H24ClIN4O2S. The van der Waals surface area contributed by atoms with Gasteiger partial charge in [-0.05, 0) is 36.4 Å². The van der Waals surface area contributed by atoms with Crippen molar-refractivity contribution >= 4 is 51.6 Å². The summed E-state index contributed by atoms with van der Waals surface area (Å²) in [6.07, 6.45) is 0. The van der Waals surface area contributed by atoms with Crippen LogP contribution < -0.4 is 10.0 Å². The first kappa shape index (κ1) is 23.7. The predicted molar refractivity (Wildman–Crippen MR) is 121 cm³/mol. The molecule has 0 spiro atoms. The predicted octanol–water partition coefficient (Wildman–Crippen LogP) is 3.07. The Morgan fingerprint density at radius 2 is 1.78 bits per heavy atom. The number of sulfonamides is 1. The fraction of sp³-hybridized carbons (Fsp3) is 0.278. The summed E-state index contributed by atoms with van der Waals surface area (Å²) >= 11 is 6.21. The number of aliphatic imine (C=N–C) groups is 1. The van der Waals surface area contributed by atoms with Crippen molar-refractivity contribution in [1.29, 1.82) is 0 Å². The Hall–Kier alpha value is -1.36. The van der Waals surface area contributed by atoms with Crippen LogP contribution >= 0.6 is 35.6 Å². The largest absolute Gasteiger partial charge is 0.352 e. The molecule has 0 radical (unpaired) electrons. The standard InChI is InChI=1S/C18H23ClN4O2S.HI/c1-20-18(23(3)13-15-6-4-5-7-17(15)19)22-12-14-8-10-16(11-9-14)26(24,25)21-2;/h4-11,21H,12-13H2,1-3H3,(H,20,22);1H. The topological polar surface area (TPSA) is 73.8 Å². The van der Waals surface area contributed by atoms with Crippen LogP contribution in [0.25, 0.3) is 0 Å². The van der Waals surface area contributed by atoms with Gasteiger partial charge < -0.3 is 10.2 Å². The van der Waals surface area contributed by atoms with E-state index in [1.54, 1.807) is 31.3 Å². The number of nitrogens with one attached hydrogen (secondary N) is 2. The van der Waals surface area contributed by atoms with Crippen LogP contribution in [-0.2, 0) is 23.1 Å². The Morgan fingerprint density at radius 1 is 1.15 bits per heavy atom. The lowest BCUT2D eigenvalue weighted by Gasteiger charge is -2.22. The molecule has 0 aromatic heterocycles. The highest BCUT2D eigenvalue weighted by Gasteiger charge is 2.11. The molecule has 0 saturated heterocycles. The summed E-state index contributed by atoms with van der Waals surface area (Å²) in [6, 6.07) is 14.4. The Kier molecular flexibility index (Phi) is 9.51. The lowest BCUT2D eigenvalue weighted by atomic mass is 10.2. The van der Waals surface area contributed by atoms with E-state index < -0.39 is 10.0 Å². The Labute approximate surface area is 183 Å². The number of halogens is 2. The summed E-state index contributed by atoms with van der Waals surface area (Å²) in [4.78, 5) is 6.49. The number of hydrogen-bond acceptors (Lipinski definition) is 3. The zero-order valence-electron chi connectivity index (χ0n) is 15.4. The highest BCUT2D eigenvalue weighted by atomic mass is 127. The highest BCUT2D eigenvalue weighted by molar-refractivity contribution is 14.0. The second-order valence-electron chi connectivity index (χ2n) is 5.70. The molecule has 0 aliphatic carbocycles. The van der Waals surface area contributed by atoms with Gasteiger partial charge in [-0.2, -0.15) is 0 Å². The van der Waals surface area contributed by atoms with Gasteiger partial charge >= 0.3 is 0 Å². The zero-order valence-corrected chi connectivity index (χ0v) is 19.3. The minimum Gasteiger partial charge on any atom is -0.352 e. The van der Waals surface area contributed by atoms with Gasteiger partial charge in [0.25, 0.3) is 0 Å². The van der Waals surface area contributed by atoms with E-state index >= 15 is 0 Å². The highest BCUT2D eigenvalue weighted by Crippen LogP contribution is 2.16. The van der Waals surface area contributed by atoms with Gasteiger partial charge in [-0.15, -0.1) is 24.0 Å². The molecule has 0 atom stereocenters. The molecule has 2 aromatic carbocycles. The third-order valence-corrected chi connectivity index (χ3v) is 5.69. The normalized spacial score (nSPS) is 11.6. The second-order valence-corrected chi connectivity index (χ2v) is 7.99. The van der Waals surface area contributed by atoms with Crippen molar-refractivity contribution in [1.82, 2.24) is 14.9 Å². The van der Waals surface area contributed by atoms with Crippen LogP contribution in [0, 0.1) is 0 Å². The molecule has 2 rings (SSSR count). The van der Waals surface area contributed by atoms with E-state index in [9.17, 15) is 8.42 Å². The summed E-state index contributed by atoms with van der Waals surface area (Å²) in [5.41, 5.74) is 1.97. The molecular weight excluding hydrogens is 499 g/mol. The van der Waals surface area contributed by atoms with Crippen LogP contribution in [-0.4, -0.2) is 40.4 Å². The summed E-state index contributed by atoms with van der Waals surface area (Å²) in [5.74, 6) is 0.719. The van der Waals surface area contributed by atoms with Crippen LogP contribution in [0.2, 0.25) is 5.02 Å². The fourth-order valence-corrected chi connectivity index (χ4v) is 3.35. The molecule has 9 heteroatoms. The molecule has 0 bridgehead atoms. The lowest BCUT2D eigenvalue weighted by molar-refractivity contribution is 0.476. The van der Waals surface area contributed by atoms with Gasteiger partial charge in [0.2, 0.25) is 10.0 Å². The summed E-state index contributed by atoms with van der Waals surface area (Å²) in [5, 5.41) is 3.98. The third-order valence-electron chi connectivity index (χ3n) is 3.89. The van der Waals surface area contributed by atoms with E-state index in [1.165, 1.54) is 7.05 Å². The first-order valence-corrected chi connectivity index (χ1v) is 9.91. The fourth-order valence-electron chi connectivity index (χ4n) is 2.43. The van der Waals surface area contributed by atoms with E-state index in [0.29, 0.717) is 13.1 Å². The van der Waals surface area contributed by atoms with Gasteiger partial charge in [0.1, 0.15) is 0 Å². The SMILES string of the molecule is CN=C(NCc1ccc(S(=O)(=O)NC)cc1)N(C)Cc1ccccc1Cl.I. The van der Waals surface area contributed by atoms with Crippen molar-refractivity contribution in [3.8, 4) is 0 Å². The van der Waals surface area contributed by atoms with E-state index in [1.807, 2.05) is 36.2 Å². The van der Waals surface area contributed by atoms with E-state index in [2.05, 4.69) is 15.0 Å². The quantitative estimate of drug-likeness (QED) is 0.347. The Bertz CT molecular complexity index is 873. The van der Waals surface area contributed by atoms with Crippen molar-refractivity contribution < 1.29 is 8.42 Å². The number of nitrogens with zero attached hydrogens (tertiary/aromatic N) is 2. The molecule has 148 valence electrons. The van der Waals surface area contributed by atoms with Crippen LogP contribution in [0.15, 0.2) is 58.4 Å². The minimum absolute atomic E-state index is 0. The molecule has 0 unspecified atom stereocenters. The van der Waals surface area contributed by atoms with Gasteiger partial charge in [-0.3, -0.25) is 4.99 Å². The average molecular weight is 523 g/mol. The van der Waals surface area contributed by atoms with Crippen LogP contribution in [0.4, 0.5) is 0 Å². The second kappa shape index (κ2) is 10.8. The Morgan fingerprint density at radius 3 is 2.33 bits per heavy atom. The maximum Gasteiger partial charge on any atom is 0.240 e. The maximum absolute atomic E-state index is 11.8. The third kappa shape index (κ3) is 6.63. The van der Waals surface area contributed by atoms with E-state index in [-0.39, 0.29) is 28.9 Å². The van der Waals surface area contributed by atoms with Crippen molar-refractivity contribution in [3.63, 3.8) is 0 Å². The molecule has 0 aliphatic heterocycles. The summed E-state index contributed by atoms with van der Waals surface area (Å²) in [6.45, 7) is 1.15. The molecule has 6 nitrogen and oxygen atoms in total. The number of benzene rings is 2. The maximum atomic E-state index is 11.8. The first-order valence-electron chi connectivity index (χ1n) is 8.05. The van der Waals surface area contributed by atoms with Crippen molar-refractivity contribution in [3.05, 3.63) is 64.7 Å². The van der Waals surface area contributed by atoms with E-state index in [4.69, 9.17) is 11.6 Å². The van der Waals surface area contributed by atoms with Gasteiger partial charge in [0, 0.05) is 32.2 Å². The molecule has 0 saturated carbocycles. The van der Waals surface area contributed by atoms with Gasteiger partial charge in [0.05, 0.1) is 4.90 Å². The number of guanidine groups is 1. The molecule has 0 aliphatic rings. The molecule has 0 amide bonds. The minimum atomic E-state index is -3.42. The van der Waals surface area contributed by atoms with E-state index in [0.717, 1.165) is 22.1 Å². The monoisotopic (exact) mass is 522 g/mol. The number of hydrogen-bond donors (Lipinski definition) is 2. The first-order chi connectivity index (χ1) is 12.4. The van der Waals surface area contributed by atoms with Crippen LogP contribution in [0.1, 0.15) is 11.1 Å². The molecule has 2 N–H and O–H groups in total. The van der Waals surface area contributed by atoms with Crippen LogP contribution in [0.5, 0.6) is 0 Å². The molecule has 0 fully saturated rings. The average Bonchev–Trinajstić information content (AvgIpc) is 2.64. The zero-order chi connectivity index (χ0) is 19.2. The van der Waals surface area contributed by atoms with Crippen molar-refractivity contribution in [2.75, 3.05) is 21.1 Å². The van der Waals surface area contributed by atoms with Gasteiger partial charge in [0.15, 0.2) is 5.96 Å².